The fourth-order valence-corrected chi connectivity index (χ4v) is 3.01. The van der Waals surface area contributed by atoms with E-state index in [0.717, 1.165) is 45.1 Å². The molecular formula is C17H25F2N3O. The molecule has 1 aromatic carbocycles. The van der Waals surface area contributed by atoms with Crippen LogP contribution in [0.15, 0.2) is 18.2 Å². The van der Waals surface area contributed by atoms with Gasteiger partial charge in [0, 0.05) is 37.4 Å². The van der Waals surface area contributed by atoms with Gasteiger partial charge in [-0.3, -0.25) is 9.69 Å². The monoisotopic (exact) mass is 325 g/mol. The van der Waals surface area contributed by atoms with Gasteiger partial charge in [0.1, 0.15) is 0 Å². The highest BCUT2D eigenvalue weighted by Gasteiger charge is 2.23. The highest BCUT2D eigenvalue weighted by atomic mass is 19.2. The van der Waals surface area contributed by atoms with E-state index >= 15 is 0 Å². The van der Waals surface area contributed by atoms with Crippen LogP contribution < -0.4 is 5.32 Å². The Morgan fingerprint density at radius 1 is 1.30 bits per heavy atom. The summed E-state index contributed by atoms with van der Waals surface area (Å²) in [6.45, 7) is 7.43. The summed E-state index contributed by atoms with van der Waals surface area (Å²) in [5.41, 5.74) is 0.575. The maximum absolute atomic E-state index is 13.3. The first kappa shape index (κ1) is 17.7. The van der Waals surface area contributed by atoms with Crippen LogP contribution in [0.4, 0.5) is 14.5 Å². The van der Waals surface area contributed by atoms with E-state index in [1.165, 1.54) is 6.07 Å². The third-order valence-corrected chi connectivity index (χ3v) is 4.27. The third kappa shape index (κ3) is 4.89. The van der Waals surface area contributed by atoms with Crippen molar-refractivity contribution in [2.24, 2.45) is 0 Å². The molecule has 1 fully saturated rings. The molecule has 1 N–H and O–H groups in total. The summed E-state index contributed by atoms with van der Waals surface area (Å²) in [5, 5.41) is 3.24. The molecule has 128 valence electrons. The van der Waals surface area contributed by atoms with E-state index in [1.54, 1.807) is 6.07 Å². The number of benzene rings is 1. The van der Waals surface area contributed by atoms with E-state index in [1.807, 2.05) is 18.7 Å². The Bertz CT molecular complexity index is 535. The van der Waals surface area contributed by atoms with Crippen molar-refractivity contribution in [2.75, 3.05) is 38.0 Å². The van der Waals surface area contributed by atoms with Gasteiger partial charge in [-0.1, -0.05) is 0 Å². The second-order valence-corrected chi connectivity index (χ2v) is 5.91. The first-order valence-electron chi connectivity index (χ1n) is 8.25. The Labute approximate surface area is 136 Å². The zero-order chi connectivity index (χ0) is 16.8. The molecule has 1 atom stereocenters. The fourth-order valence-electron chi connectivity index (χ4n) is 3.01. The number of carbonyl (C=O) groups excluding carboxylic acids is 1. The van der Waals surface area contributed by atoms with Gasteiger partial charge in [0.15, 0.2) is 11.6 Å². The van der Waals surface area contributed by atoms with Crippen LogP contribution in [0.1, 0.15) is 26.7 Å². The lowest BCUT2D eigenvalue weighted by Crippen LogP contribution is -2.47. The van der Waals surface area contributed by atoms with Crippen LogP contribution in [0.5, 0.6) is 0 Å². The molecule has 1 aromatic rings. The summed E-state index contributed by atoms with van der Waals surface area (Å²) in [7, 11) is 0. The second kappa shape index (κ2) is 8.24. The van der Waals surface area contributed by atoms with Gasteiger partial charge in [0.2, 0.25) is 5.91 Å². The average Bonchev–Trinajstić information content (AvgIpc) is 2.52. The largest absolute Gasteiger partial charge is 0.381 e. The van der Waals surface area contributed by atoms with E-state index in [9.17, 15) is 13.6 Å². The quantitative estimate of drug-likeness (QED) is 0.873. The molecular weight excluding hydrogens is 300 g/mol. The van der Waals surface area contributed by atoms with Crippen molar-refractivity contribution in [1.29, 1.82) is 0 Å². The summed E-state index contributed by atoms with van der Waals surface area (Å²) in [6, 6.07) is 3.98. The lowest BCUT2D eigenvalue weighted by atomic mass is 10.1. The summed E-state index contributed by atoms with van der Waals surface area (Å²) in [5.74, 6) is -1.55. The maximum Gasteiger partial charge on any atom is 0.236 e. The highest BCUT2D eigenvalue weighted by Crippen LogP contribution is 2.18. The van der Waals surface area contributed by atoms with Gasteiger partial charge < -0.3 is 10.2 Å². The van der Waals surface area contributed by atoms with Gasteiger partial charge in [0.05, 0.1) is 6.54 Å². The van der Waals surface area contributed by atoms with E-state index in [2.05, 4.69) is 10.2 Å². The minimum absolute atomic E-state index is 0.137. The van der Waals surface area contributed by atoms with E-state index in [4.69, 9.17) is 0 Å². The van der Waals surface area contributed by atoms with Crippen LogP contribution in [0.3, 0.4) is 0 Å². The average molecular weight is 325 g/mol. The number of likely N-dealkylation sites (tertiary alicyclic amines) is 1. The topological polar surface area (TPSA) is 35.6 Å². The normalized spacial score (nSPS) is 18.7. The molecule has 1 amide bonds. The third-order valence-electron chi connectivity index (χ3n) is 4.27. The predicted molar refractivity (Wildman–Crippen MR) is 87.4 cm³/mol. The molecule has 1 heterocycles. The summed E-state index contributed by atoms with van der Waals surface area (Å²) in [4.78, 5) is 16.1. The lowest BCUT2D eigenvalue weighted by molar-refractivity contribution is -0.132. The van der Waals surface area contributed by atoms with Crippen LogP contribution in [-0.2, 0) is 4.79 Å². The van der Waals surface area contributed by atoms with Crippen molar-refractivity contribution >= 4 is 11.6 Å². The van der Waals surface area contributed by atoms with Crippen LogP contribution in [0.2, 0.25) is 0 Å². The van der Waals surface area contributed by atoms with Gasteiger partial charge in [0.25, 0.3) is 0 Å². The molecule has 23 heavy (non-hydrogen) atoms. The first-order chi connectivity index (χ1) is 11.0. The van der Waals surface area contributed by atoms with Crippen molar-refractivity contribution in [3.05, 3.63) is 29.8 Å². The Hall–Kier alpha value is -1.69. The Morgan fingerprint density at radius 3 is 2.70 bits per heavy atom. The first-order valence-corrected chi connectivity index (χ1v) is 8.25. The van der Waals surface area contributed by atoms with Crippen molar-refractivity contribution in [1.82, 2.24) is 9.80 Å². The second-order valence-electron chi connectivity index (χ2n) is 5.91. The fraction of sp³-hybridized carbons (Fsp3) is 0.588. The van der Waals surface area contributed by atoms with Gasteiger partial charge in [-0.05, 0) is 45.4 Å². The van der Waals surface area contributed by atoms with Crippen LogP contribution >= 0.6 is 0 Å². The molecule has 0 aliphatic carbocycles. The summed E-state index contributed by atoms with van der Waals surface area (Å²) < 4.78 is 26.2. The SMILES string of the molecule is CCN(CC)C(=O)CN1CCC[C@@H](Nc2ccc(F)c(F)c2)C1. The van der Waals surface area contributed by atoms with Gasteiger partial charge >= 0.3 is 0 Å². The highest BCUT2D eigenvalue weighted by molar-refractivity contribution is 5.78. The molecule has 1 aliphatic rings. The number of piperidine rings is 1. The number of hydrogen-bond acceptors (Lipinski definition) is 3. The van der Waals surface area contributed by atoms with Crippen molar-refractivity contribution in [3.8, 4) is 0 Å². The van der Waals surface area contributed by atoms with Gasteiger partial charge in [-0.2, -0.15) is 0 Å². The van der Waals surface area contributed by atoms with Crippen molar-refractivity contribution in [3.63, 3.8) is 0 Å². The number of halogens is 2. The number of carbonyl (C=O) groups is 1. The smallest absolute Gasteiger partial charge is 0.236 e. The van der Waals surface area contributed by atoms with Crippen LogP contribution in [0.25, 0.3) is 0 Å². The molecule has 1 saturated heterocycles. The van der Waals surface area contributed by atoms with E-state index in [0.29, 0.717) is 12.2 Å². The van der Waals surface area contributed by atoms with Crippen molar-refractivity contribution in [2.45, 2.75) is 32.7 Å². The number of amides is 1. The van der Waals surface area contributed by atoms with E-state index < -0.39 is 11.6 Å². The molecule has 0 saturated carbocycles. The number of likely N-dealkylation sites (N-methyl/N-ethyl adjacent to an activating group) is 1. The van der Waals surface area contributed by atoms with Gasteiger partial charge in [-0.15, -0.1) is 0 Å². The van der Waals surface area contributed by atoms with Crippen LogP contribution in [-0.4, -0.2) is 54.5 Å². The Balaban J connectivity index is 1.90. The Kier molecular flexibility index (Phi) is 6.33. The number of nitrogens with zero attached hydrogens (tertiary/aromatic N) is 2. The predicted octanol–water partition coefficient (Wildman–Crippen LogP) is 2.71. The zero-order valence-corrected chi connectivity index (χ0v) is 13.8. The van der Waals surface area contributed by atoms with Crippen LogP contribution in [0, 0.1) is 11.6 Å². The number of hydrogen-bond donors (Lipinski definition) is 1. The number of rotatable bonds is 6. The lowest BCUT2D eigenvalue weighted by Gasteiger charge is -2.34. The maximum atomic E-state index is 13.3. The minimum Gasteiger partial charge on any atom is -0.381 e. The minimum atomic E-state index is -0.848. The zero-order valence-electron chi connectivity index (χ0n) is 13.8. The Morgan fingerprint density at radius 2 is 2.04 bits per heavy atom. The molecule has 1 aliphatic heterocycles. The van der Waals surface area contributed by atoms with Crippen molar-refractivity contribution < 1.29 is 13.6 Å². The number of anilines is 1. The molecule has 6 heteroatoms. The van der Waals surface area contributed by atoms with E-state index in [-0.39, 0.29) is 11.9 Å². The summed E-state index contributed by atoms with van der Waals surface area (Å²) >= 11 is 0. The molecule has 0 bridgehead atoms. The molecule has 0 spiro atoms. The molecule has 0 unspecified atom stereocenters. The van der Waals surface area contributed by atoms with Gasteiger partial charge in [-0.25, -0.2) is 8.78 Å². The molecule has 2 rings (SSSR count). The molecule has 0 aromatic heterocycles. The summed E-state index contributed by atoms with van der Waals surface area (Å²) in [6.07, 6.45) is 1.93. The molecule has 4 nitrogen and oxygen atoms in total. The standard InChI is InChI=1S/C17H25F2N3O/c1-3-22(4-2)17(23)12-21-9-5-6-14(11-21)20-13-7-8-15(18)16(19)10-13/h7-8,10,14,20H,3-6,9,11-12H2,1-2H3/t14-/m1/s1. The number of nitrogens with one attached hydrogen (secondary N) is 1. The molecule has 0 radical (unpaired) electrons.